The van der Waals surface area contributed by atoms with Crippen molar-refractivity contribution in [3.63, 3.8) is 0 Å². The molecule has 2 rings (SSSR count). The molecule has 0 aliphatic rings. The first-order valence-corrected chi connectivity index (χ1v) is 6.79. The van der Waals surface area contributed by atoms with E-state index in [0.717, 1.165) is 35.8 Å². The van der Waals surface area contributed by atoms with Crippen molar-refractivity contribution in [2.45, 2.75) is 13.3 Å². The number of fused-ring (bicyclic) bond motifs is 1. The van der Waals surface area contributed by atoms with E-state index in [9.17, 15) is 4.79 Å². The highest BCUT2D eigenvalue weighted by molar-refractivity contribution is 6.06. The Morgan fingerprint density at radius 3 is 2.63 bits per heavy atom. The van der Waals surface area contributed by atoms with Gasteiger partial charge >= 0.3 is 0 Å². The van der Waals surface area contributed by atoms with Gasteiger partial charge in [-0.1, -0.05) is 43.3 Å². The van der Waals surface area contributed by atoms with Crippen molar-refractivity contribution < 1.29 is 4.79 Å². The number of hydrogen-bond acceptors (Lipinski definition) is 2. The first-order chi connectivity index (χ1) is 9.33. The van der Waals surface area contributed by atoms with E-state index in [0.29, 0.717) is 6.54 Å². The number of hydrogen-bond donors (Lipinski definition) is 2. The summed E-state index contributed by atoms with van der Waals surface area (Å²) in [6.45, 7) is 4.58. The molecule has 0 bridgehead atoms. The minimum Gasteiger partial charge on any atom is -0.351 e. The Kier molecular flexibility index (Phi) is 4.93. The molecule has 1 amide bonds. The lowest BCUT2D eigenvalue weighted by atomic mass is 10.0. The number of amides is 1. The largest absolute Gasteiger partial charge is 0.351 e. The van der Waals surface area contributed by atoms with Crippen LogP contribution in [0.2, 0.25) is 0 Å². The van der Waals surface area contributed by atoms with Crippen LogP contribution in [0.3, 0.4) is 0 Å². The molecule has 0 aromatic heterocycles. The fourth-order valence-corrected chi connectivity index (χ4v) is 2.08. The van der Waals surface area contributed by atoms with E-state index >= 15 is 0 Å². The van der Waals surface area contributed by atoms with Gasteiger partial charge in [0.15, 0.2) is 0 Å². The molecule has 2 aromatic rings. The Labute approximate surface area is 114 Å². The van der Waals surface area contributed by atoms with Crippen molar-refractivity contribution in [1.29, 1.82) is 0 Å². The van der Waals surface area contributed by atoms with Crippen LogP contribution in [0.15, 0.2) is 42.5 Å². The summed E-state index contributed by atoms with van der Waals surface area (Å²) in [6, 6.07) is 13.8. The summed E-state index contributed by atoms with van der Waals surface area (Å²) in [5.74, 6) is -0.00454. The third-order valence-corrected chi connectivity index (χ3v) is 3.05. The van der Waals surface area contributed by atoms with Gasteiger partial charge in [0.2, 0.25) is 0 Å². The molecular weight excluding hydrogens is 236 g/mol. The zero-order chi connectivity index (χ0) is 13.5. The van der Waals surface area contributed by atoms with Crippen LogP contribution in [0.1, 0.15) is 23.7 Å². The van der Waals surface area contributed by atoms with E-state index < -0.39 is 0 Å². The minimum absolute atomic E-state index is 0.00454. The highest BCUT2D eigenvalue weighted by atomic mass is 16.1. The first-order valence-electron chi connectivity index (χ1n) is 6.79. The number of carbonyl (C=O) groups excluding carboxylic acids is 1. The monoisotopic (exact) mass is 256 g/mol. The van der Waals surface area contributed by atoms with Crippen molar-refractivity contribution in [3.8, 4) is 0 Å². The smallest absolute Gasteiger partial charge is 0.251 e. The SMILES string of the molecule is CCCNCCNC(=O)c1cccc2ccccc12. The minimum atomic E-state index is -0.00454. The quantitative estimate of drug-likeness (QED) is 0.780. The maximum Gasteiger partial charge on any atom is 0.251 e. The number of benzene rings is 2. The second-order valence-corrected chi connectivity index (χ2v) is 4.53. The lowest BCUT2D eigenvalue weighted by molar-refractivity contribution is 0.0955. The number of nitrogens with one attached hydrogen (secondary N) is 2. The number of rotatable bonds is 6. The van der Waals surface area contributed by atoms with Crippen LogP contribution in [0.25, 0.3) is 10.8 Å². The molecule has 0 heterocycles. The predicted octanol–water partition coefficient (Wildman–Crippen LogP) is 2.57. The fourth-order valence-electron chi connectivity index (χ4n) is 2.08. The van der Waals surface area contributed by atoms with Crippen LogP contribution in [-0.4, -0.2) is 25.5 Å². The molecule has 0 spiro atoms. The zero-order valence-electron chi connectivity index (χ0n) is 11.3. The lowest BCUT2D eigenvalue weighted by Gasteiger charge is -2.08. The molecule has 0 radical (unpaired) electrons. The van der Waals surface area contributed by atoms with Gasteiger partial charge in [0.05, 0.1) is 0 Å². The molecule has 0 aliphatic heterocycles. The van der Waals surface area contributed by atoms with Crippen molar-refractivity contribution in [3.05, 3.63) is 48.0 Å². The van der Waals surface area contributed by atoms with E-state index in [4.69, 9.17) is 0 Å². The summed E-state index contributed by atoms with van der Waals surface area (Å²) < 4.78 is 0. The topological polar surface area (TPSA) is 41.1 Å². The van der Waals surface area contributed by atoms with Crippen LogP contribution in [0.4, 0.5) is 0 Å². The Bertz CT molecular complexity index is 546. The van der Waals surface area contributed by atoms with Crippen molar-refractivity contribution >= 4 is 16.7 Å². The summed E-state index contributed by atoms with van der Waals surface area (Å²) in [5, 5.41) is 8.31. The second-order valence-electron chi connectivity index (χ2n) is 4.53. The van der Waals surface area contributed by atoms with Crippen molar-refractivity contribution in [2.24, 2.45) is 0 Å². The molecule has 0 aliphatic carbocycles. The standard InChI is InChI=1S/C16H20N2O/c1-2-10-17-11-12-18-16(19)15-9-5-7-13-6-3-4-8-14(13)15/h3-9,17H,2,10-12H2,1H3,(H,18,19). The number of carbonyl (C=O) groups is 1. The molecule has 3 heteroatoms. The molecule has 0 saturated heterocycles. The van der Waals surface area contributed by atoms with Crippen LogP contribution >= 0.6 is 0 Å². The third kappa shape index (κ3) is 3.55. The normalized spacial score (nSPS) is 10.6. The lowest BCUT2D eigenvalue weighted by Crippen LogP contribution is -2.32. The van der Waals surface area contributed by atoms with E-state index in [-0.39, 0.29) is 5.91 Å². The van der Waals surface area contributed by atoms with E-state index in [2.05, 4.69) is 17.6 Å². The molecule has 0 fully saturated rings. The van der Waals surface area contributed by atoms with Crippen LogP contribution in [0, 0.1) is 0 Å². The van der Waals surface area contributed by atoms with Gasteiger partial charge in [-0.15, -0.1) is 0 Å². The van der Waals surface area contributed by atoms with Crippen LogP contribution in [0.5, 0.6) is 0 Å². The molecule has 0 atom stereocenters. The Balaban J connectivity index is 2.01. The van der Waals surface area contributed by atoms with Gasteiger partial charge in [0.1, 0.15) is 0 Å². The highest BCUT2D eigenvalue weighted by Crippen LogP contribution is 2.18. The summed E-state index contributed by atoms with van der Waals surface area (Å²) in [4.78, 5) is 12.2. The van der Waals surface area contributed by atoms with E-state index in [1.165, 1.54) is 0 Å². The van der Waals surface area contributed by atoms with Crippen molar-refractivity contribution in [1.82, 2.24) is 10.6 Å². The first kappa shape index (κ1) is 13.6. The van der Waals surface area contributed by atoms with Gasteiger partial charge in [-0.25, -0.2) is 0 Å². The molecule has 100 valence electrons. The van der Waals surface area contributed by atoms with Crippen LogP contribution in [-0.2, 0) is 0 Å². The summed E-state index contributed by atoms with van der Waals surface area (Å²) in [5.41, 5.74) is 0.744. The molecular formula is C16H20N2O. The van der Waals surface area contributed by atoms with Gasteiger partial charge in [-0.2, -0.15) is 0 Å². The predicted molar refractivity (Wildman–Crippen MR) is 79.4 cm³/mol. The molecule has 2 N–H and O–H groups in total. The average molecular weight is 256 g/mol. The van der Waals surface area contributed by atoms with Crippen molar-refractivity contribution in [2.75, 3.05) is 19.6 Å². The van der Waals surface area contributed by atoms with Crippen LogP contribution < -0.4 is 10.6 Å². The maximum absolute atomic E-state index is 12.2. The Hall–Kier alpha value is -1.87. The Morgan fingerprint density at radius 1 is 1.00 bits per heavy atom. The van der Waals surface area contributed by atoms with Gasteiger partial charge in [0.25, 0.3) is 5.91 Å². The summed E-state index contributed by atoms with van der Waals surface area (Å²) in [6.07, 6.45) is 1.11. The molecule has 0 saturated carbocycles. The molecule has 3 nitrogen and oxygen atoms in total. The summed E-state index contributed by atoms with van der Waals surface area (Å²) >= 11 is 0. The third-order valence-electron chi connectivity index (χ3n) is 3.05. The zero-order valence-corrected chi connectivity index (χ0v) is 11.3. The van der Waals surface area contributed by atoms with Gasteiger partial charge in [-0.05, 0) is 29.8 Å². The molecule has 19 heavy (non-hydrogen) atoms. The van der Waals surface area contributed by atoms with Gasteiger partial charge < -0.3 is 10.6 Å². The van der Waals surface area contributed by atoms with Gasteiger partial charge in [0, 0.05) is 18.7 Å². The van der Waals surface area contributed by atoms with E-state index in [1.807, 2.05) is 42.5 Å². The second kappa shape index (κ2) is 6.90. The van der Waals surface area contributed by atoms with E-state index in [1.54, 1.807) is 0 Å². The average Bonchev–Trinajstić information content (AvgIpc) is 2.46. The molecule has 0 unspecified atom stereocenters. The fraction of sp³-hybridized carbons (Fsp3) is 0.312. The highest BCUT2D eigenvalue weighted by Gasteiger charge is 2.08. The molecule has 2 aromatic carbocycles. The maximum atomic E-state index is 12.2. The Morgan fingerprint density at radius 2 is 1.79 bits per heavy atom. The summed E-state index contributed by atoms with van der Waals surface area (Å²) in [7, 11) is 0. The van der Waals surface area contributed by atoms with Gasteiger partial charge in [-0.3, -0.25) is 4.79 Å².